The summed E-state index contributed by atoms with van der Waals surface area (Å²) in [4.78, 5) is 12.2. The van der Waals surface area contributed by atoms with Gasteiger partial charge in [-0.2, -0.15) is 0 Å². The molecule has 1 amide bonds. The van der Waals surface area contributed by atoms with Crippen molar-refractivity contribution in [2.75, 3.05) is 20.3 Å². The average Bonchev–Trinajstić information content (AvgIpc) is 2.76. The minimum absolute atomic E-state index is 0.00784. The quantitative estimate of drug-likeness (QED) is 0.716. The topological polar surface area (TPSA) is 58.6 Å². The number of carbonyl (C=O) groups is 1. The lowest BCUT2D eigenvalue weighted by Crippen LogP contribution is -2.45. The van der Waals surface area contributed by atoms with E-state index in [0.29, 0.717) is 6.61 Å². The minimum atomic E-state index is -0.251. The summed E-state index contributed by atoms with van der Waals surface area (Å²) in [7, 11) is 1.66. The van der Waals surface area contributed by atoms with Crippen LogP contribution in [0.4, 0.5) is 0 Å². The number of aliphatic hydroxyl groups is 1. The lowest BCUT2D eigenvalue weighted by Gasteiger charge is -2.28. The highest BCUT2D eigenvalue weighted by atomic mass is 16.5. The van der Waals surface area contributed by atoms with Crippen molar-refractivity contribution < 1.29 is 14.6 Å². The van der Waals surface area contributed by atoms with Crippen molar-refractivity contribution in [2.24, 2.45) is 5.41 Å². The molecule has 0 heterocycles. The Bertz CT molecular complexity index is 224. The van der Waals surface area contributed by atoms with Crippen LogP contribution >= 0.6 is 0 Å². The Morgan fingerprint density at radius 2 is 2.12 bits per heavy atom. The molecular formula is C12H23NO3. The van der Waals surface area contributed by atoms with Gasteiger partial charge >= 0.3 is 0 Å². The predicted molar refractivity (Wildman–Crippen MR) is 62.1 cm³/mol. The first kappa shape index (κ1) is 13.5. The molecular weight excluding hydrogens is 206 g/mol. The second-order valence-electron chi connectivity index (χ2n) is 4.79. The van der Waals surface area contributed by atoms with Crippen LogP contribution in [0.15, 0.2) is 0 Å². The standard InChI is InChI=1S/C12H23NO3/c1-10(9-14)13-11(15)12(7-8-16-2)5-3-4-6-12/h10,14H,3-9H2,1-2H3,(H,13,15). The van der Waals surface area contributed by atoms with Crippen molar-refractivity contribution in [1.29, 1.82) is 0 Å². The van der Waals surface area contributed by atoms with Gasteiger partial charge in [0.1, 0.15) is 0 Å². The van der Waals surface area contributed by atoms with Crippen molar-refractivity contribution >= 4 is 5.91 Å². The third kappa shape index (κ3) is 3.19. The maximum Gasteiger partial charge on any atom is 0.226 e. The second kappa shape index (κ2) is 6.21. The Hall–Kier alpha value is -0.610. The molecule has 1 rings (SSSR count). The molecule has 0 aromatic heterocycles. The first-order valence-electron chi connectivity index (χ1n) is 6.05. The summed E-state index contributed by atoms with van der Waals surface area (Å²) < 4.78 is 5.08. The van der Waals surface area contributed by atoms with E-state index in [1.54, 1.807) is 7.11 Å². The number of amides is 1. The molecule has 0 saturated heterocycles. The van der Waals surface area contributed by atoms with Gasteiger partial charge in [0.05, 0.1) is 12.0 Å². The van der Waals surface area contributed by atoms with Gasteiger partial charge in [0.25, 0.3) is 0 Å². The van der Waals surface area contributed by atoms with E-state index in [1.165, 1.54) is 0 Å². The summed E-state index contributed by atoms with van der Waals surface area (Å²) in [6, 6.07) is -0.160. The highest BCUT2D eigenvalue weighted by molar-refractivity contribution is 5.83. The molecule has 1 atom stereocenters. The summed E-state index contributed by atoms with van der Waals surface area (Å²) >= 11 is 0. The zero-order chi connectivity index (χ0) is 12.0. The number of aliphatic hydroxyl groups excluding tert-OH is 1. The molecule has 0 aromatic carbocycles. The maximum atomic E-state index is 12.2. The molecule has 1 unspecified atom stereocenters. The van der Waals surface area contributed by atoms with Gasteiger partial charge in [-0.25, -0.2) is 0 Å². The summed E-state index contributed by atoms with van der Waals surface area (Å²) in [6.07, 6.45) is 4.91. The molecule has 4 nitrogen and oxygen atoms in total. The Morgan fingerprint density at radius 3 is 2.62 bits per heavy atom. The van der Waals surface area contributed by atoms with Crippen LogP contribution in [0.5, 0.6) is 0 Å². The highest BCUT2D eigenvalue weighted by Crippen LogP contribution is 2.41. The zero-order valence-electron chi connectivity index (χ0n) is 10.3. The van der Waals surface area contributed by atoms with Gasteiger partial charge in [0, 0.05) is 19.8 Å². The smallest absolute Gasteiger partial charge is 0.226 e. The zero-order valence-corrected chi connectivity index (χ0v) is 10.3. The van der Waals surface area contributed by atoms with Crippen LogP contribution in [0.3, 0.4) is 0 Å². The second-order valence-corrected chi connectivity index (χ2v) is 4.79. The van der Waals surface area contributed by atoms with Crippen molar-refractivity contribution in [2.45, 2.75) is 45.1 Å². The molecule has 1 aliphatic carbocycles. The van der Waals surface area contributed by atoms with Crippen LogP contribution in [0.1, 0.15) is 39.0 Å². The van der Waals surface area contributed by atoms with Crippen LogP contribution in [0.25, 0.3) is 0 Å². The summed E-state index contributed by atoms with van der Waals surface area (Å²) in [5.41, 5.74) is -0.251. The van der Waals surface area contributed by atoms with Gasteiger partial charge in [-0.05, 0) is 26.2 Å². The van der Waals surface area contributed by atoms with Crippen molar-refractivity contribution in [1.82, 2.24) is 5.32 Å². The van der Waals surface area contributed by atoms with Gasteiger partial charge in [0.15, 0.2) is 0 Å². The largest absolute Gasteiger partial charge is 0.394 e. The summed E-state index contributed by atoms with van der Waals surface area (Å²) in [6.45, 7) is 2.43. The Balaban J connectivity index is 2.58. The van der Waals surface area contributed by atoms with E-state index in [2.05, 4.69) is 5.32 Å². The van der Waals surface area contributed by atoms with Gasteiger partial charge in [-0.1, -0.05) is 12.8 Å². The van der Waals surface area contributed by atoms with Gasteiger partial charge in [-0.3, -0.25) is 4.79 Å². The first-order valence-corrected chi connectivity index (χ1v) is 6.05. The Labute approximate surface area is 97.4 Å². The summed E-state index contributed by atoms with van der Waals surface area (Å²) in [5, 5.41) is 11.8. The van der Waals surface area contributed by atoms with Crippen molar-refractivity contribution in [3.63, 3.8) is 0 Å². The molecule has 16 heavy (non-hydrogen) atoms. The predicted octanol–water partition coefficient (Wildman–Crippen LogP) is 1.08. The van der Waals surface area contributed by atoms with Crippen LogP contribution in [-0.2, 0) is 9.53 Å². The lowest BCUT2D eigenvalue weighted by molar-refractivity contribution is -0.132. The monoisotopic (exact) mass is 229 g/mol. The normalized spacial score (nSPS) is 20.7. The van der Waals surface area contributed by atoms with Crippen LogP contribution in [0, 0.1) is 5.41 Å². The fourth-order valence-corrected chi connectivity index (χ4v) is 2.36. The number of hydrogen-bond donors (Lipinski definition) is 2. The van der Waals surface area contributed by atoms with Crippen molar-refractivity contribution in [3.8, 4) is 0 Å². The van der Waals surface area contributed by atoms with E-state index in [9.17, 15) is 4.79 Å². The number of hydrogen-bond acceptors (Lipinski definition) is 3. The van der Waals surface area contributed by atoms with Gasteiger partial charge in [0.2, 0.25) is 5.91 Å². The fraction of sp³-hybridized carbons (Fsp3) is 0.917. The molecule has 0 aliphatic heterocycles. The fourth-order valence-electron chi connectivity index (χ4n) is 2.36. The van der Waals surface area contributed by atoms with Gasteiger partial charge in [-0.15, -0.1) is 0 Å². The average molecular weight is 229 g/mol. The molecule has 0 bridgehead atoms. The lowest BCUT2D eigenvalue weighted by atomic mass is 9.81. The molecule has 4 heteroatoms. The Morgan fingerprint density at radius 1 is 1.50 bits per heavy atom. The maximum absolute atomic E-state index is 12.2. The molecule has 94 valence electrons. The third-order valence-electron chi connectivity index (χ3n) is 3.48. The number of methoxy groups -OCH3 is 1. The summed E-state index contributed by atoms with van der Waals surface area (Å²) in [5.74, 6) is 0.0867. The van der Waals surface area contributed by atoms with E-state index in [-0.39, 0.29) is 24.0 Å². The molecule has 2 N–H and O–H groups in total. The number of nitrogens with one attached hydrogen (secondary N) is 1. The third-order valence-corrected chi connectivity index (χ3v) is 3.48. The van der Waals surface area contributed by atoms with E-state index in [1.807, 2.05) is 6.92 Å². The van der Waals surface area contributed by atoms with Crippen LogP contribution in [0.2, 0.25) is 0 Å². The minimum Gasteiger partial charge on any atom is -0.394 e. The number of rotatable bonds is 6. The van der Waals surface area contributed by atoms with Crippen LogP contribution < -0.4 is 5.32 Å². The molecule has 1 fully saturated rings. The number of carbonyl (C=O) groups excluding carboxylic acids is 1. The highest BCUT2D eigenvalue weighted by Gasteiger charge is 2.40. The first-order chi connectivity index (χ1) is 7.64. The Kier molecular flexibility index (Phi) is 5.22. The molecule has 0 radical (unpaired) electrons. The number of ether oxygens (including phenoxy) is 1. The van der Waals surface area contributed by atoms with Gasteiger partial charge < -0.3 is 15.2 Å². The van der Waals surface area contributed by atoms with Crippen molar-refractivity contribution in [3.05, 3.63) is 0 Å². The van der Waals surface area contributed by atoms with E-state index in [4.69, 9.17) is 9.84 Å². The SMILES string of the molecule is COCCC1(C(=O)NC(C)CO)CCCC1. The van der Waals surface area contributed by atoms with E-state index >= 15 is 0 Å². The van der Waals surface area contributed by atoms with Crippen LogP contribution in [-0.4, -0.2) is 37.4 Å². The van der Waals surface area contributed by atoms with E-state index in [0.717, 1.165) is 32.1 Å². The molecule has 1 aliphatic rings. The molecule has 0 aromatic rings. The van der Waals surface area contributed by atoms with E-state index < -0.39 is 0 Å². The molecule has 1 saturated carbocycles. The molecule has 0 spiro atoms.